The molecule has 1 heterocycles. The standard InChI is InChI=1S/C16H27NS/c1-3-13-7-8-14(12-13)16(17-4-2)10-9-15-6-5-11-18-15/h5-6,11,13-14,16-17H,3-4,7-10,12H2,1-2H3. The van der Waals surface area contributed by atoms with E-state index >= 15 is 0 Å². The lowest BCUT2D eigenvalue weighted by Gasteiger charge is -2.24. The summed E-state index contributed by atoms with van der Waals surface area (Å²) in [5.74, 6) is 1.92. The Kier molecular flexibility index (Phi) is 5.71. The molecule has 0 radical (unpaired) electrons. The molecular weight excluding hydrogens is 238 g/mol. The molecule has 0 amide bonds. The summed E-state index contributed by atoms with van der Waals surface area (Å²) in [6.07, 6.45) is 8.31. The molecule has 0 spiro atoms. The predicted octanol–water partition coefficient (Wildman–Crippen LogP) is 4.49. The second-order valence-electron chi connectivity index (χ2n) is 5.63. The lowest BCUT2D eigenvalue weighted by atomic mass is 9.92. The third-order valence-corrected chi connectivity index (χ3v) is 5.41. The lowest BCUT2D eigenvalue weighted by Crippen LogP contribution is -2.35. The van der Waals surface area contributed by atoms with Crippen molar-refractivity contribution in [3.05, 3.63) is 22.4 Å². The predicted molar refractivity (Wildman–Crippen MR) is 81.2 cm³/mol. The number of hydrogen-bond donors (Lipinski definition) is 1. The van der Waals surface area contributed by atoms with E-state index in [0.717, 1.165) is 24.4 Å². The van der Waals surface area contributed by atoms with E-state index in [-0.39, 0.29) is 0 Å². The van der Waals surface area contributed by atoms with Crippen LogP contribution in [0.15, 0.2) is 17.5 Å². The topological polar surface area (TPSA) is 12.0 Å². The fourth-order valence-corrected chi connectivity index (χ4v) is 4.09. The minimum Gasteiger partial charge on any atom is -0.314 e. The Morgan fingerprint density at radius 1 is 1.39 bits per heavy atom. The maximum atomic E-state index is 3.74. The Balaban J connectivity index is 1.83. The Morgan fingerprint density at radius 2 is 2.28 bits per heavy atom. The highest BCUT2D eigenvalue weighted by Crippen LogP contribution is 2.36. The van der Waals surface area contributed by atoms with Crippen LogP contribution in [0.3, 0.4) is 0 Å². The summed E-state index contributed by atoms with van der Waals surface area (Å²) in [5, 5.41) is 5.93. The van der Waals surface area contributed by atoms with Crippen molar-refractivity contribution in [1.82, 2.24) is 5.32 Å². The highest BCUT2D eigenvalue weighted by Gasteiger charge is 2.29. The van der Waals surface area contributed by atoms with Crippen LogP contribution in [0.2, 0.25) is 0 Å². The molecule has 102 valence electrons. The molecule has 1 aromatic heterocycles. The van der Waals surface area contributed by atoms with Crippen LogP contribution in [0.4, 0.5) is 0 Å². The van der Waals surface area contributed by atoms with Crippen molar-refractivity contribution in [2.75, 3.05) is 6.54 Å². The maximum Gasteiger partial charge on any atom is 0.00987 e. The first-order valence-electron chi connectivity index (χ1n) is 7.59. The van der Waals surface area contributed by atoms with Gasteiger partial charge in [-0.05, 0) is 55.5 Å². The summed E-state index contributed by atoms with van der Waals surface area (Å²) in [6.45, 7) is 5.70. The second-order valence-corrected chi connectivity index (χ2v) is 6.66. The molecule has 0 saturated heterocycles. The van der Waals surface area contributed by atoms with Gasteiger partial charge in [-0.15, -0.1) is 11.3 Å². The van der Waals surface area contributed by atoms with Gasteiger partial charge in [0.2, 0.25) is 0 Å². The first kappa shape index (κ1) is 14.1. The zero-order chi connectivity index (χ0) is 12.8. The lowest BCUT2D eigenvalue weighted by molar-refractivity contribution is 0.335. The van der Waals surface area contributed by atoms with Crippen LogP contribution in [0.25, 0.3) is 0 Å². The third-order valence-electron chi connectivity index (χ3n) is 4.48. The first-order valence-corrected chi connectivity index (χ1v) is 8.47. The SMILES string of the molecule is CCNC(CCc1cccs1)C1CCC(CC)C1. The van der Waals surface area contributed by atoms with Crippen molar-refractivity contribution in [1.29, 1.82) is 0 Å². The molecule has 18 heavy (non-hydrogen) atoms. The molecule has 1 aromatic rings. The molecule has 2 heteroatoms. The molecule has 3 atom stereocenters. The van der Waals surface area contributed by atoms with Gasteiger partial charge in [0.25, 0.3) is 0 Å². The first-order chi connectivity index (χ1) is 8.83. The van der Waals surface area contributed by atoms with Crippen molar-refractivity contribution in [2.24, 2.45) is 11.8 Å². The van der Waals surface area contributed by atoms with Gasteiger partial charge in [0, 0.05) is 10.9 Å². The van der Waals surface area contributed by atoms with E-state index in [0.29, 0.717) is 0 Å². The van der Waals surface area contributed by atoms with E-state index in [2.05, 4.69) is 36.7 Å². The smallest absolute Gasteiger partial charge is 0.00987 e. The average Bonchev–Trinajstić information content (AvgIpc) is 3.05. The summed E-state index contributed by atoms with van der Waals surface area (Å²) >= 11 is 1.90. The zero-order valence-corrected chi connectivity index (χ0v) is 12.6. The van der Waals surface area contributed by atoms with Crippen LogP contribution < -0.4 is 5.32 Å². The minimum absolute atomic E-state index is 0.744. The van der Waals surface area contributed by atoms with Crippen molar-refractivity contribution < 1.29 is 0 Å². The van der Waals surface area contributed by atoms with E-state index in [1.807, 2.05) is 11.3 Å². The number of nitrogens with one attached hydrogen (secondary N) is 1. The Labute approximate surface area is 116 Å². The highest BCUT2D eigenvalue weighted by molar-refractivity contribution is 7.09. The quantitative estimate of drug-likeness (QED) is 0.766. The molecule has 1 saturated carbocycles. The molecular formula is C16H27NS. The van der Waals surface area contributed by atoms with Crippen molar-refractivity contribution >= 4 is 11.3 Å². The van der Waals surface area contributed by atoms with Crippen molar-refractivity contribution in [2.45, 2.75) is 58.4 Å². The molecule has 0 aromatic carbocycles. The number of rotatable bonds is 7. The maximum absolute atomic E-state index is 3.74. The molecule has 0 bridgehead atoms. The zero-order valence-electron chi connectivity index (χ0n) is 11.8. The third kappa shape index (κ3) is 3.83. The van der Waals surface area contributed by atoms with Crippen LogP contribution in [0, 0.1) is 11.8 Å². The average molecular weight is 265 g/mol. The van der Waals surface area contributed by atoms with Crippen LogP contribution in [-0.4, -0.2) is 12.6 Å². The fourth-order valence-electron chi connectivity index (χ4n) is 3.37. The number of aryl methyl sites for hydroxylation is 1. The van der Waals surface area contributed by atoms with Crippen LogP contribution in [-0.2, 0) is 6.42 Å². The molecule has 2 rings (SSSR count). The number of hydrogen-bond acceptors (Lipinski definition) is 2. The largest absolute Gasteiger partial charge is 0.314 e. The van der Waals surface area contributed by atoms with Gasteiger partial charge in [-0.1, -0.05) is 32.8 Å². The van der Waals surface area contributed by atoms with Crippen LogP contribution in [0.5, 0.6) is 0 Å². The van der Waals surface area contributed by atoms with Crippen LogP contribution in [0.1, 0.15) is 50.8 Å². The van der Waals surface area contributed by atoms with Gasteiger partial charge in [-0.3, -0.25) is 0 Å². The fraction of sp³-hybridized carbons (Fsp3) is 0.750. The molecule has 1 N–H and O–H groups in total. The summed E-state index contributed by atoms with van der Waals surface area (Å²) in [5.41, 5.74) is 0. The van der Waals surface area contributed by atoms with E-state index in [9.17, 15) is 0 Å². The van der Waals surface area contributed by atoms with Gasteiger partial charge in [-0.25, -0.2) is 0 Å². The van der Waals surface area contributed by atoms with Gasteiger partial charge in [-0.2, -0.15) is 0 Å². The van der Waals surface area contributed by atoms with E-state index in [1.165, 1.54) is 38.5 Å². The molecule has 3 unspecified atom stereocenters. The molecule has 1 fully saturated rings. The van der Waals surface area contributed by atoms with Gasteiger partial charge in [0.15, 0.2) is 0 Å². The minimum atomic E-state index is 0.744. The van der Waals surface area contributed by atoms with Crippen LogP contribution >= 0.6 is 11.3 Å². The molecule has 1 nitrogen and oxygen atoms in total. The van der Waals surface area contributed by atoms with E-state index < -0.39 is 0 Å². The van der Waals surface area contributed by atoms with Gasteiger partial charge >= 0.3 is 0 Å². The summed E-state index contributed by atoms with van der Waals surface area (Å²) in [4.78, 5) is 1.54. The van der Waals surface area contributed by atoms with Gasteiger partial charge in [0.05, 0.1) is 0 Å². The number of thiophene rings is 1. The second kappa shape index (κ2) is 7.30. The van der Waals surface area contributed by atoms with E-state index in [1.54, 1.807) is 4.88 Å². The van der Waals surface area contributed by atoms with Crippen molar-refractivity contribution in [3.63, 3.8) is 0 Å². The Morgan fingerprint density at radius 3 is 2.89 bits per heavy atom. The van der Waals surface area contributed by atoms with Crippen molar-refractivity contribution in [3.8, 4) is 0 Å². The monoisotopic (exact) mass is 265 g/mol. The molecule has 1 aliphatic carbocycles. The summed E-state index contributed by atoms with van der Waals surface area (Å²) in [7, 11) is 0. The molecule has 0 aliphatic heterocycles. The highest BCUT2D eigenvalue weighted by atomic mass is 32.1. The summed E-state index contributed by atoms with van der Waals surface area (Å²) in [6, 6.07) is 5.19. The van der Waals surface area contributed by atoms with Gasteiger partial charge in [0.1, 0.15) is 0 Å². The summed E-state index contributed by atoms with van der Waals surface area (Å²) < 4.78 is 0. The Hall–Kier alpha value is -0.340. The van der Waals surface area contributed by atoms with Gasteiger partial charge < -0.3 is 5.32 Å². The molecule has 1 aliphatic rings. The van der Waals surface area contributed by atoms with E-state index in [4.69, 9.17) is 0 Å². The normalized spacial score (nSPS) is 25.4. The Bertz CT molecular complexity index is 320.